The summed E-state index contributed by atoms with van der Waals surface area (Å²) < 4.78 is 1.83. The summed E-state index contributed by atoms with van der Waals surface area (Å²) in [6, 6.07) is 10.9. The van der Waals surface area contributed by atoms with Gasteiger partial charge in [-0.3, -0.25) is 4.79 Å². The highest BCUT2D eigenvalue weighted by atomic mass is 35.5. The summed E-state index contributed by atoms with van der Waals surface area (Å²) in [6.45, 7) is 3.74. The first-order valence-corrected chi connectivity index (χ1v) is 10.9. The Morgan fingerprint density at radius 2 is 1.87 bits per heavy atom. The molecule has 31 heavy (non-hydrogen) atoms. The van der Waals surface area contributed by atoms with Crippen molar-refractivity contribution in [3.05, 3.63) is 74.5 Å². The van der Waals surface area contributed by atoms with Crippen molar-refractivity contribution in [1.29, 1.82) is 0 Å². The van der Waals surface area contributed by atoms with Gasteiger partial charge in [-0.2, -0.15) is 5.10 Å². The molecule has 164 valence electrons. The number of carbonyl (C=O) groups is 1. The topological polar surface area (TPSA) is 59.0 Å². The summed E-state index contributed by atoms with van der Waals surface area (Å²) in [4.78, 5) is 13.2. The average molecular weight is 500 g/mol. The number of piperidine rings is 1. The number of amides is 1. The minimum Gasteiger partial charge on any atom is -0.320 e. The van der Waals surface area contributed by atoms with Crippen LogP contribution in [0.5, 0.6) is 0 Å². The van der Waals surface area contributed by atoms with Crippen molar-refractivity contribution >= 4 is 58.8 Å². The molecule has 0 spiro atoms. The summed E-state index contributed by atoms with van der Waals surface area (Å²) in [6.07, 6.45) is 3.45. The molecular weight excluding hydrogens is 478 g/mol. The molecule has 1 amide bonds. The number of hydrogen-bond donors (Lipinski definition) is 2. The molecule has 0 atom stereocenters. The Hall–Kier alpha value is -1.76. The molecule has 5 nitrogen and oxygen atoms in total. The van der Waals surface area contributed by atoms with Gasteiger partial charge < -0.3 is 10.6 Å². The maximum Gasteiger partial charge on any atom is 0.259 e. The zero-order valence-electron chi connectivity index (χ0n) is 16.8. The third kappa shape index (κ3) is 5.02. The van der Waals surface area contributed by atoms with E-state index in [4.69, 9.17) is 34.8 Å². The van der Waals surface area contributed by atoms with Gasteiger partial charge in [0, 0.05) is 10.9 Å². The highest BCUT2D eigenvalue weighted by molar-refractivity contribution is 6.44. The highest BCUT2D eigenvalue weighted by Crippen LogP contribution is 2.33. The second-order valence-corrected chi connectivity index (χ2v) is 8.56. The molecule has 2 N–H and O–H groups in total. The fraction of sp³-hybridized carbons (Fsp3) is 0.273. The van der Waals surface area contributed by atoms with Crippen molar-refractivity contribution in [3.63, 3.8) is 0 Å². The van der Waals surface area contributed by atoms with Crippen LogP contribution in [0, 0.1) is 6.92 Å². The molecule has 0 saturated carbocycles. The number of carbonyl (C=O) groups excluding carboxylic acids is 1. The van der Waals surface area contributed by atoms with Crippen LogP contribution in [0.15, 0.2) is 42.6 Å². The summed E-state index contributed by atoms with van der Waals surface area (Å²) in [5.41, 5.74) is 3.70. The third-order valence-corrected chi connectivity index (χ3v) is 6.60. The maximum absolute atomic E-state index is 13.2. The van der Waals surface area contributed by atoms with Crippen LogP contribution in [-0.4, -0.2) is 28.8 Å². The molecule has 1 aliphatic heterocycles. The van der Waals surface area contributed by atoms with Crippen molar-refractivity contribution < 1.29 is 4.79 Å². The van der Waals surface area contributed by atoms with Crippen LogP contribution >= 0.6 is 47.2 Å². The van der Waals surface area contributed by atoms with Crippen LogP contribution in [0.25, 0.3) is 5.69 Å². The number of rotatable bonds is 4. The molecular formula is C22H22Cl4N4O. The number of hydrogen-bond acceptors (Lipinski definition) is 3. The Morgan fingerprint density at radius 3 is 2.58 bits per heavy atom. The molecule has 3 aromatic rings. The number of nitrogens with zero attached hydrogens (tertiary/aromatic N) is 2. The van der Waals surface area contributed by atoms with Crippen molar-refractivity contribution in [2.75, 3.05) is 18.4 Å². The Morgan fingerprint density at radius 1 is 1.13 bits per heavy atom. The van der Waals surface area contributed by atoms with Crippen molar-refractivity contribution in [2.45, 2.75) is 25.7 Å². The first-order valence-electron chi connectivity index (χ1n) is 9.76. The standard InChI is InChI=1S/C22H21Cl3N4O.ClH/c1-13-5-6-15(11-18(13)24)29-21(14-7-9-26-10-8-14)16(12-27-29)22(30)28-19-4-2-3-17(23)20(19)25;/h2-6,11-12,14,26H,7-10H2,1H3,(H,28,30);1H. The van der Waals surface area contributed by atoms with E-state index in [0.29, 0.717) is 26.3 Å². The van der Waals surface area contributed by atoms with Gasteiger partial charge in [-0.05, 0) is 62.7 Å². The van der Waals surface area contributed by atoms with Crippen molar-refractivity contribution in [2.24, 2.45) is 0 Å². The van der Waals surface area contributed by atoms with E-state index < -0.39 is 0 Å². The first-order chi connectivity index (χ1) is 14.5. The molecule has 9 heteroatoms. The highest BCUT2D eigenvalue weighted by Gasteiger charge is 2.27. The van der Waals surface area contributed by atoms with Gasteiger partial charge in [-0.15, -0.1) is 12.4 Å². The lowest BCUT2D eigenvalue weighted by molar-refractivity contribution is 0.102. The van der Waals surface area contributed by atoms with E-state index >= 15 is 0 Å². The van der Waals surface area contributed by atoms with Gasteiger partial charge in [0.05, 0.1) is 38.9 Å². The average Bonchev–Trinajstić information content (AvgIpc) is 3.19. The SMILES string of the molecule is Cc1ccc(-n2ncc(C(=O)Nc3cccc(Cl)c3Cl)c2C2CCNCC2)cc1Cl.Cl. The van der Waals surface area contributed by atoms with E-state index in [1.807, 2.05) is 29.8 Å². The van der Waals surface area contributed by atoms with Crippen LogP contribution in [0.3, 0.4) is 0 Å². The Bertz CT molecular complexity index is 1090. The van der Waals surface area contributed by atoms with Gasteiger partial charge in [0.2, 0.25) is 0 Å². The summed E-state index contributed by atoms with van der Waals surface area (Å²) in [7, 11) is 0. The number of halogens is 4. The van der Waals surface area contributed by atoms with Crippen molar-refractivity contribution in [3.8, 4) is 5.69 Å². The largest absolute Gasteiger partial charge is 0.320 e. The van der Waals surface area contributed by atoms with Gasteiger partial charge in [0.15, 0.2) is 0 Å². The van der Waals surface area contributed by atoms with E-state index in [1.54, 1.807) is 24.4 Å². The lowest BCUT2D eigenvalue weighted by Gasteiger charge is -2.25. The minimum absolute atomic E-state index is 0. The summed E-state index contributed by atoms with van der Waals surface area (Å²) >= 11 is 18.7. The zero-order chi connectivity index (χ0) is 21.3. The second-order valence-electron chi connectivity index (χ2n) is 7.37. The molecule has 1 fully saturated rings. The van der Waals surface area contributed by atoms with Crippen LogP contribution in [-0.2, 0) is 0 Å². The molecule has 0 radical (unpaired) electrons. The predicted molar refractivity (Wildman–Crippen MR) is 130 cm³/mol. The molecule has 4 rings (SSSR count). The summed E-state index contributed by atoms with van der Waals surface area (Å²) in [5, 5.41) is 12.2. The van der Waals surface area contributed by atoms with Gasteiger partial charge >= 0.3 is 0 Å². The molecule has 1 saturated heterocycles. The molecule has 1 aromatic heterocycles. The lowest BCUT2D eigenvalue weighted by Crippen LogP contribution is -2.29. The smallest absolute Gasteiger partial charge is 0.259 e. The maximum atomic E-state index is 13.2. The van der Waals surface area contributed by atoms with E-state index in [2.05, 4.69) is 15.7 Å². The first kappa shape index (κ1) is 23.9. The fourth-order valence-electron chi connectivity index (χ4n) is 3.73. The van der Waals surface area contributed by atoms with Crippen LogP contribution < -0.4 is 10.6 Å². The van der Waals surface area contributed by atoms with E-state index in [0.717, 1.165) is 42.9 Å². The van der Waals surface area contributed by atoms with Gasteiger partial charge in [0.25, 0.3) is 5.91 Å². The van der Waals surface area contributed by atoms with Gasteiger partial charge in [-0.1, -0.05) is 46.9 Å². The number of aromatic nitrogens is 2. The quantitative estimate of drug-likeness (QED) is 0.444. The van der Waals surface area contributed by atoms with E-state index in [-0.39, 0.29) is 24.2 Å². The van der Waals surface area contributed by atoms with Crippen molar-refractivity contribution in [1.82, 2.24) is 15.1 Å². The molecule has 2 heterocycles. The monoisotopic (exact) mass is 498 g/mol. The normalized spacial score (nSPS) is 14.2. The minimum atomic E-state index is -0.267. The Labute approximate surface area is 202 Å². The van der Waals surface area contributed by atoms with E-state index in [9.17, 15) is 4.79 Å². The van der Waals surface area contributed by atoms with Gasteiger partial charge in [-0.25, -0.2) is 4.68 Å². The molecule has 1 aliphatic rings. The number of aryl methyl sites for hydroxylation is 1. The number of nitrogens with one attached hydrogen (secondary N) is 2. The second kappa shape index (κ2) is 10.2. The molecule has 0 aliphatic carbocycles. The third-order valence-electron chi connectivity index (χ3n) is 5.38. The number of benzene rings is 2. The predicted octanol–water partition coefficient (Wildman–Crippen LogP) is 6.28. The Kier molecular flexibility index (Phi) is 7.89. The van der Waals surface area contributed by atoms with Gasteiger partial charge in [0.1, 0.15) is 0 Å². The lowest BCUT2D eigenvalue weighted by atomic mass is 9.91. The summed E-state index contributed by atoms with van der Waals surface area (Å²) in [5.74, 6) is -0.0680. The van der Waals surface area contributed by atoms with Crippen LogP contribution in [0.2, 0.25) is 15.1 Å². The van der Waals surface area contributed by atoms with Crippen LogP contribution in [0.4, 0.5) is 5.69 Å². The van der Waals surface area contributed by atoms with E-state index in [1.165, 1.54) is 0 Å². The molecule has 0 unspecified atom stereocenters. The molecule has 2 aromatic carbocycles. The fourth-order valence-corrected chi connectivity index (χ4v) is 4.25. The Balaban J connectivity index is 0.00000272. The zero-order valence-corrected chi connectivity index (χ0v) is 19.9. The molecule has 0 bridgehead atoms. The number of anilines is 1. The van der Waals surface area contributed by atoms with Crippen LogP contribution in [0.1, 0.15) is 40.4 Å².